The van der Waals surface area contributed by atoms with Gasteiger partial charge in [0.25, 0.3) is 0 Å². The zero-order valence-corrected chi connectivity index (χ0v) is 7.97. The fraction of sp³-hybridized carbons (Fsp3) is 0.273. The van der Waals surface area contributed by atoms with Crippen LogP contribution in [0.15, 0.2) is 18.7 Å². The lowest BCUT2D eigenvalue weighted by Crippen LogP contribution is -1.96. The molecule has 70 valence electrons. The molecular weight excluding hydrogens is 165 g/mol. The number of anilines is 1. The third-order valence-corrected chi connectivity index (χ3v) is 2.19. The van der Waals surface area contributed by atoms with Crippen LogP contribution in [0.3, 0.4) is 0 Å². The summed E-state index contributed by atoms with van der Waals surface area (Å²) in [5.74, 6) is 0. The number of benzene rings is 1. The van der Waals surface area contributed by atoms with E-state index in [0.29, 0.717) is 11.3 Å². The summed E-state index contributed by atoms with van der Waals surface area (Å²) in [6.45, 7) is 7.05. The number of alkyl halides is 1. The Labute approximate surface area is 78.1 Å². The third kappa shape index (κ3) is 1.89. The van der Waals surface area contributed by atoms with E-state index in [9.17, 15) is 4.39 Å². The Morgan fingerprint density at radius 2 is 2.15 bits per heavy atom. The fourth-order valence-electron chi connectivity index (χ4n) is 1.23. The lowest BCUT2D eigenvalue weighted by molar-refractivity contribution is 0.374. The van der Waals surface area contributed by atoms with Crippen LogP contribution in [-0.2, 0) is 0 Å². The summed E-state index contributed by atoms with van der Waals surface area (Å²) in [4.78, 5) is 0. The van der Waals surface area contributed by atoms with Gasteiger partial charge in [-0.05, 0) is 42.7 Å². The van der Waals surface area contributed by atoms with Crippen LogP contribution in [0.2, 0.25) is 0 Å². The van der Waals surface area contributed by atoms with E-state index >= 15 is 0 Å². The van der Waals surface area contributed by atoms with Crippen molar-refractivity contribution in [3.05, 3.63) is 35.4 Å². The second-order valence-corrected chi connectivity index (χ2v) is 3.14. The number of halogens is 1. The fourth-order valence-corrected chi connectivity index (χ4v) is 1.23. The van der Waals surface area contributed by atoms with Crippen LogP contribution in [0.25, 0.3) is 6.08 Å². The molecule has 0 aliphatic carbocycles. The highest BCUT2D eigenvalue weighted by atomic mass is 19.1. The van der Waals surface area contributed by atoms with Crippen LogP contribution < -0.4 is 5.73 Å². The van der Waals surface area contributed by atoms with Gasteiger partial charge in [0.15, 0.2) is 0 Å². The molecule has 0 bridgehead atoms. The third-order valence-electron chi connectivity index (χ3n) is 2.19. The van der Waals surface area contributed by atoms with Gasteiger partial charge in [0, 0.05) is 5.69 Å². The second kappa shape index (κ2) is 3.60. The Morgan fingerprint density at radius 3 is 2.62 bits per heavy atom. The molecule has 0 spiro atoms. The van der Waals surface area contributed by atoms with Crippen LogP contribution in [0.1, 0.15) is 29.8 Å². The van der Waals surface area contributed by atoms with Crippen molar-refractivity contribution in [3.63, 3.8) is 0 Å². The Kier molecular flexibility index (Phi) is 2.71. The zero-order chi connectivity index (χ0) is 10.0. The molecule has 1 rings (SSSR count). The number of nitrogen functional groups attached to an aromatic ring is 1. The Bertz CT molecular complexity index is 329. The van der Waals surface area contributed by atoms with Gasteiger partial charge in [0.05, 0.1) is 0 Å². The molecule has 0 fully saturated rings. The molecule has 1 atom stereocenters. The molecule has 0 aromatic heterocycles. The molecule has 1 nitrogen and oxygen atoms in total. The monoisotopic (exact) mass is 179 g/mol. The molecule has 2 heteroatoms. The van der Waals surface area contributed by atoms with E-state index in [0.717, 1.165) is 11.1 Å². The molecule has 1 aromatic carbocycles. The SMILES string of the molecule is C=Cc1cc(C(C)F)cc(N)c1C. The minimum atomic E-state index is -0.985. The van der Waals surface area contributed by atoms with Crippen molar-refractivity contribution >= 4 is 11.8 Å². The summed E-state index contributed by atoms with van der Waals surface area (Å²) in [7, 11) is 0. The summed E-state index contributed by atoms with van der Waals surface area (Å²) in [6.07, 6.45) is 0.707. The maximum absolute atomic E-state index is 13.0. The quantitative estimate of drug-likeness (QED) is 0.693. The lowest BCUT2D eigenvalue weighted by atomic mass is 10.0. The van der Waals surface area contributed by atoms with Gasteiger partial charge in [-0.25, -0.2) is 4.39 Å². The van der Waals surface area contributed by atoms with Crippen molar-refractivity contribution < 1.29 is 4.39 Å². The van der Waals surface area contributed by atoms with Crippen molar-refractivity contribution in [1.82, 2.24) is 0 Å². The zero-order valence-electron chi connectivity index (χ0n) is 7.97. The van der Waals surface area contributed by atoms with Crippen molar-refractivity contribution in [3.8, 4) is 0 Å². The molecule has 0 heterocycles. The van der Waals surface area contributed by atoms with Gasteiger partial charge in [-0.15, -0.1) is 0 Å². The first-order valence-electron chi connectivity index (χ1n) is 4.22. The molecule has 0 aliphatic heterocycles. The van der Waals surface area contributed by atoms with E-state index < -0.39 is 6.17 Å². The molecule has 2 N–H and O–H groups in total. The first-order valence-corrected chi connectivity index (χ1v) is 4.22. The Balaban J connectivity index is 3.30. The average Bonchev–Trinajstić information content (AvgIpc) is 2.09. The van der Waals surface area contributed by atoms with Gasteiger partial charge >= 0.3 is 0 Å². The summed E-state index contributed by atoms with van der Waals surface area (Å²) < 4.78 is 13.0. The highest BCUT2D eigenvalue weighted by Crippen LogP contribution is 2.25. The molecule has 0 saturated carbocycles. The van der Waals surface area contributed by atoms with Crippen LogP contribution >= 0.6 is 0 Å². The summed E-state index contributed by atoms with van der Waals surface area (Å²) in [5, 5.41) is 0. The number of rotatable bonds is 2. The molecule has 0 radical (unpaired) electrons. The first kappa shape index (κ1) is 9.78. The van der Waals surface area contributed by atoms with Crippen LogP contribution in [0.5, 0.6) is 0 Å². The van der Waals surface area contributed by atoms with E-state index in [-0.39, 0.29) is 0 Å². The number of hydrogen-bond donors (Lipinski definition) is 1. The van der Waals surface area contributed by atoms with Gasteiger partial charge in [-0.1, -0.05) is 12.7 Å². The van der Waals surface area contributed by atoms with Gasteiger partial charge in [0.1, 0.15) is 6.17 Å². The maximum atomic E-state index is 13.0. The maximum Gasteiger partial charge on any atom is 0.122 e. The van der Waals surface area contributed by atoms with E-state index in [4.69, 9.17) is 5.73 Å². The highest BCUT2D eigenvalue weighted by molar-refractivity contribution is 5.63. The first-order chi connectivity index (χ1) is 6.06. The number of nitrogens with two attached hydrogens (primary N) is 1. The molecule has 1 unspecified atom stereocenters. The van der Waals surface area contributed by atoms with Crippen LogP contribution in [0.4, 0.5) is 10.1 Å². The summed E-state index contributed by atoms with van der Waals surface area (Å²) >= 11 is 0. The molecule has 0 aliphatic rings. The normalized spacial score (nSPS) is 12.5. The van der Waals surface area contributed by atoms with Crippen LogP contribution in [0, 0.1) is 6.92 Å². The average molecular weight is 179 g/mol. The minimum Gasteiger partial charge on any atom is -0.398 e. The Hall–Kier alpha value is -1.31. The molecule has 0 saturated heterocycles. The van der Waals surface area contributed by atoms with Gasteiger partial charge in [-0.2, -0.15) is 0 Å². The van der Waals surface area contributed by atoms with Gasteiger partial charge < -0.3 is 5.73 Å². The van der Waals surface area contributed by atoms with Crippen LogP contribution in [-0.4, -0.2) is 0 Å². The van der Waals surface area contributed by atoms with Crippen molar-refractivity contribution in [2.75, 3.05) is 5.73 Å². The minimum absolute atomic E-state index is 0.609. The predicted octanol–water partition coefficient (Wildman–Crippen LogP) is 3.25. The molecular formula is C11H14FN. The van der Waals surface area contributed by atoms with Crippen molar-refractivity contribution in [2.45, 2.75) is 20.0 Å². The van der Waals surface area contributed by atoms with E-state index in [1.54, 1.807) is 18.2 Å². The predicted molar refractivity (Wildman–Crippen MR) is 55.2 cm³/mol. The lowest BCUT2D eigenvalue weighted by Gasteiger charge is -2.09. The van der Waals surface area contributed by atoms with Gasteiger partial charge in [0.2, 0.25) is 0 Å². The number of hydrogen-bond acceptors (Lipinski definition) is 1. The van der Waals surface area contributed by atoms with E-state index in [1.165, 1.54) is 6.92 Å². The largest absolute Gasteiger partial charge is 0.398 e. The van der Waals surface area contributed by atoms with E-state index in [1.807, 2.05) is 6.92 Å². The topological polar surface area (TPSA) is 26.0 Å². The van der Waals surface area contributed by atoms with Crippen molar-refractivity contribution in [2.24, 2.45) is 0 Å². The molecule has 0 amide bonds. The molecule has 13 heavy (non-hydrogen) atoms. The van der Waals surface area contributed by atoms with E-state index in [2.05, 4.69) is 6.58 Å². The summed E-state index contributed by atoms with van der Waals surface area (Å²) in [6, 6.07) is 3.45. The summed E-state index contributed by atoms with van der Waals surface area (Å²) in [5.41, 5.74) is 8.81. The highest BCUT2D eigenvalue weighted by Gasteiger charge is 2.07. The smallest absolute Gasteiger partial charge is 0.122 e. The van der Waals surface area contributed by atoms with Gasteiger partial charge in [-0.3, -0.25) is 0 Å². The second-order valence-electron chi connectivity index (χ2n) is 3.14. The van der Waals surface area contributed by atoms with Crippen molar-refractivity contribution in [1.29, 1.82) is 0 Å². The Morgan fingerprint density at radius 1 is 1.54 bits per heavy atom. The molecule has 1 aromatic rings. The standard InChI is InChI=1S/C11H14FN/c1-4-9-5-10(8(3)12)6-11(13)7(9)2/h4-6,8H,1,13H2,2-3H3.